The highest BCUT2D eigenvalue weighted by atomic mass is 32.2. The molecule has 10 nitrogen and oxygen atoms in total. The van der Waals surface area contributed by atoms with Gasteiger partial charge in [0.15, 0.2) is 0 Å². The standard InChI is InChI=1S/C30H32N6O4S/c1-3-15-40-28-10-9-22(41(38,39)36-13-11-34(2)12-14-36)16-24(28)29-32-25-18-26-27(17-23(25)30(37)33-29)35(20-31-26)19-21-7-5-4-6-8-21/h4-10,16-18,20H,3,11-15,19H2,1-2H3,(H,32,33,37). The molecular weight excluding hydrogens is 540 g/mol. The Morgan fingerprint density at radius 1 is 0.976 bits per heavy atom. The maximum atomic E-state index is 13.5. The van der Waals surface area contributed by atoms with Crippen LogP contribution in [0.5, 0.6) is 5.75 Å². The molecule has 0 bridgehead atoms. The first-order valence-electron chi connectivity index (χ1n) is 13.7. The molecule has 1 fully saturated rings. The molecule has 3 heterocycles. The lowest BCUT2D eigenvalue weighted by atomic mass is 10.1. The van der Waals surface area contributed by atoms with Gasteiger partial charge in [-0.3, -0.25) is 4.79 Å². The van der Waals surface area contributed by atoms with Crippen LogP contribution < -0.4 is 10.3 Å². The van der Waals surface area contributed by atoms with Crippen molar-refractivity contribution >= 4 is 32.0 Å². The predicted octanol–water partition coefficient (Wildman–Crippen LogP) is 3.71. The number of hydrogen-bond donors (Lipinski definition) is 1. The molecule has 2 aromatic heterocycles. The number of rotatable bonds is 8. The molecular formula is C30H32N6O4S. The van der Waals surface area contributed by atoms with Crippen LogP contribution in [-0.4, -0.2) is 77.0 Å². The molecule has 1 aliphatic heterocycles. The molecule has 0 radical (unpaired) electrons. The van der Waals surface area contributed by atoms with Gasteiger partial charge in [0.1, 0.15) is 11.6 Å². The molecule has 41 heavy (non-hydrogen) atoms. The van der Waals surface area contributed by atoms with Crippen LogP contribution in [-0.2, 0) is 16.6 Å². The van der Waals surface area contributed by atoms with Gasteiger partial charge in [-0.1, -0.05) is 37.3 Å². The average molecular weight is 573 g/mol. The number of imidazole rings is 1. The molecule has 11 heteroatoms. The number of nitrogens with zero attached hydrogens (tertiary/aromatic N) is 5. The van der Waals surface area contributed by atoms with Gasteiger partial charge < -0.3 is 19.2 Å². The lowest BCUT2D eigenvalue weighted by Crippen LogP contribution is -2.47. The summed E-state index contributed by atoms with van der Waals surface area (Å²) < 4.78 is 36.5. The maximum absolute atomic E-state index is 13.5. The number of aromatic nitrogens is 4. The smallest absolute Gasteiger partial charge is 0.259 e. The van der Waals surface area contributed by atoms with E-state index in [1.54, 1.807) is 36.7 Å². The van der Waals surface area contributed by atoms with E-state index < -0.39 is 10.0 Å². The molecule has 6 rings (SSSR count). The van der Waals surface area contributed by atoms with Gasteiger partial charge in [-0.2, -0.15) is 4.31 Å². The first-order chi connectivity index (χ1) is 19.8. The highest BCUT2D eigenvalue weighted by Gasteiger charge is 2.28. The van der Waals surface area contributed by atoms with Crippen molar-refractivity contribution in [3.63, 3.8) is 0 Å². The third-order valence-corrected chi connectivity index (χ3v) is 9.31. The second kappa shape index (κ2) is 11.1. The van der Waals surface area contributed by atoms with Gasteiger partial charge in [-0.25, -0.2) is 18.4 Å². The maximum Gasteiger partial charge on any atom is 0.259 e. The Morgan fingerprint density at radius 3 is 2.51 bits per heavy atom. The molecule has 1 aliphatic rings. The Labute approximate surface area is 238 Å². The van der Waals surface area contributed by atoms with Crippen molar-refractivity contribution in [1.29, 1.82) is 0 Å². The number of ether oxygens (including phenoxy) is 1. The predicted molar refractivity (Wildman–Crippen MR) is 159 cm³/mol. The summed E-state index contributed by atoms with van der Waals surface area (Å²) in [5.74, 6) is 0.701. The van der Waals surface area contributed by atoms with Crippen molar-refractivity contribution < 1.29 is 13.2 Å². The molecule has 0 aliphatic carbocycles. The quantitative estimate of drug-likeness (QED) is 0.302. The van der Waals surface area contributed by atoms with Gasteiger partial charge in [-0.15, -0.1) is 0 Å². The van der Waals surface area contributed by atoms with Gasteiger partial charge in [0.2, 0.25) is 10.0 Å². The lowest BCUT2D eigenvalue weighted by Gasteiger charge is -2.31. The summed E-state index contributed by atoms with van der Waals surface area (Å²) in [6.45, 7) is 5.22. The van der Waals surface area contributed by atoms with Crippen molar-refractivity contribution in [3.05, 3.63) is 82.9 Å². The van der Waals surface area contributed by atoms with E-state index in [2.05, 4.69) is 14.9 Å². The molecule has 0 atom stereocenters. The second-order valence-corrected chi connectivity index (χ2v) is 12.3. The van der Waals surface area contributed by atoms with E-state index in [0.29, 0.717) is 67.1 Å². The van der Waals surface area contributed by atoms with E-state index >= 15 is 0 Å². The van der Waals surface area contributed by atoms with Crippen molar-refractivity contribution in [1.82, 2.24) is 28.7 Å². The Bertz CT molecular complexity index is 1880. The monoisotopic (exact) mass is 572 g/mol. The molecule has 0 spiro atoms. The second-order valence-electron chi connectivity index (χ2n) is 10.3. The van der Waals surface area contributed by atoms with E-state index in [1.165, 1.54) is 4.31 Å². The van der Waals surface area contributed by atoms with Crippen LogP contribution in [0.2, 0.25) is 0 Å². The number of hydrogen-bond acceptors (Lipinski definition) is 7. The zero-order valence-corrected chi connectivity index (χ0v) is 23.9. The van der Waals surface area contributed by atoms with Crippen LogP contribution in [0.1, 0.15) is 18.9 Å². The Kier molecular flexibility index (Phi) is 7.33. The van der Waals surface area contributed by atoms with E-state index in [-0.39, 0.29) is 16.3 Å². The number of fused-ring (bicyclic) bond motifs is 2. The minimum atomic E-state index is -3.74. The minimum Gasteiger partial charge on any atom is -0.493 e. The van der Waals surface area contributed by atoms with E-state index in [9.17, 15) is 13.2 Å². The van der Waals surface area contributed by atoms with Gasteiger partial charge >= 0.3 is 0 Å². The Hall–Kier alpha value is -4.06. The fourth-order valence-corrected chi connectivity index (χ4v) is 6.54. The first kappa shape index (κ1) is 27.1. The van der Waals surface area contributed by atoms with Crippen molar-refractivity contribution in [2.45, 2.75) is 24.8 Å². The number of aromatic amines is 1. The topological polar surface area (TPSA) is 113 Å². The highest BCUT2D eigenvalue weighted by Crippen LogP contribution is 2.32. The van der Waals surface area contributed by atoms with Crippen molar-refractivity contribution in [2.75, 3.05) is 39.8 Å². The lowest BCUT2D eigenvalue weighted by molar-refractivity contribution is 0.222. The summed E-state index contributed by atoms with van der Waals surface area (Å²) in [5, 5.41) is 0.424. The molecule has 0 saturated carbocycles. The summed E-state index contributed by atoms with van der Waals surface area (Å²) in [4.78, 5) is 27.8. The molecule has 0 amide bonds. The summed E-state index contributed by atoms with van der Waals surface area (Å²) in [7, 11) is -1.76. The first-order valence-corrected chi connectivity index (χ1v) is 15.2. The summed E-state index contributed by atoms with van der Waals surface area (Å²) in [6, 6.07) is 18.4. The number of piperazine rings is 1. The van der Waals surface area contributed by atoms with Crippen molar-refractivity contribution in [3.8, 4) is 17.1 Å². The van der Waals surface area contributed by atoms with Crippen LogP contribution in [0.15, 0.2) is 76.7 Å². The van der Waals surface area contributed by atoms with E-state index in [0.717, 1.165) is 17.5 Å². The van der Waals surface area contributed by atoms with Gasteiger partial charge in [0, 0.05) is 32.7 Å². The molecule has 1 N–H and O–H groups in total. The molecule has 1 saturated heterocycles. The number of nitrogens with one attached hydrogen (secondary N) is 1. The number of likely N-dealkylation sites (N-methyl/N-ethyl adjacent to an activating group) is 1. The largest absolute Gasteiger partial charge is 0.493 e. The van der Waals surface area contributed by atoms with Gasteiger partial charge in [-0.05, 0) is 49.4 Å². The molecule has 3 aromatic carbocycles. The van der Waals surface area contributed by atoms with Gasteiger partial charge in [0.25, 0.3) is 5.56 Å². The molecule has 5 aromatic rings. The number of sulfonamides is 1. The van der Waals surface area contributed by atoms with Crippen LogP contribution in [0, 0.1) is 0 Å². The summed E-state index contributed by atoms with van der Waals surface area (Å²) in [6.07, 6.45) is 2.53. The summed E-state index contributed by atoms with van der Waals surface area (Å²) >= 11 is 0. The minimum absolute atomic E-state index is 0.138. The Balaban J connectivity index is 1.42. The fraction of sp³-hybridized carbons (Fsp3) is 0.300. The zero-order chi connectivity index (χ0) is 28.6. The summed E-state index contributed by atoms with van der Waals surface area (Å²) in [5.41, 5.74) is 3.23. The van der Waals surface area contributed by atoms with Gasteiger partial charge in [0.05, 0.1) is 45.3 Å². The average Bonchev–Trinajstić information content (AvgIpc) is 3.37. The van der Waals surface area contributed by atoms with E-state index in [1.807, 2.05) is 48.9 Å². The SMILES string of the molecule is CCCOc1ccc(S(=O)(=O)N2CCN(C)CC2)cc1-c1nc2cc3ncn(Cc4ccccc4)c3cc2c(=O)[nH]1. The van der Waals surface area contributed by atoms with Crippen LogP contribution in [0.4, 0.5) is 0 Å². The number of H-pyrrole nitrogens is 1. The Morgan fingerprint density at radius 2 is 1.76 bits per heavy atom. The molecule has 0 unspecified atom stereocenters. The highest BCUT2D eigenvalue weighted by molar-refractivity contribution is 7.89. The fourth-order valence-electron chi connectivity index (χ4n) is 5.09. The van der Waals surface area contributed by atoms with Crippen LogP contribution >= 0.6 is 0 Å². The molecule has 212 valence electrons. The third-order valence-electron chi connectivity index (χ3n) is 7.41. The third kappa shape index (κ3) is 5.35. The normalized spacial score (nSPS) is 15.1. The van der Waals surface area contributed by atoms with Crippen LogP contribution in [0.3, 0.4) is 0 Å². The zero-order valence-electron chi connectivity index (χ0n) is 23.1. The van der Waals surface area contributed by atoms with Crippen LogP contribution in [0.25, 0.3) is 33.3 Å². The van der Waals surface area contributed by atoms with Crippen molar-refractivity contribution in [2.24, 2.45) is 0 Å². The van der Waals surface area contributed by atoms with E-state index in [4.69, 9.17) is 9.72 Å². The number of benzene rings is 3.